The van der Waals surface area contributed by atoms with Crippen LogP contribution in [0.4, 0.5) is 0 Å². The molecular weight excluding hydrogens is 380 g/mol. The lowest BCUT2D eigenvalue weighted by atomic mass is 10.1. The summed E-state index contributed by atoms with van der Waals surface area (Å²) in [7, 11) is 0. The van der Waals surface area contributed by atoms with Gasteiger partial charge in [0.25, 0.3) is 0 Å². The third kappa shape index (κ3) is 4.25. The molecule has 0 spiro atoms. The summed E-state index contributed by atoms with van der Waals surface area (Å²) in [5, 5.41) is 14.5. The van der Waals surface area contributed by atoms with E-state index in [2.05, 4.69) is 21.2 Å². The van der Waals surface area contributed by atoms with Crippen molar-refractivity contribution in [3.8, 4) is 6.07 Å². The van der Waals surface area contributed by atoms with Gasteiger partial charge < -0.3 is 14.0 Å². The Balaban J connectivity index is 1.53. The highest BCUT2D eigenvalue weighted by Gasteiger charge is 2.33. The van der Waals surface area contributed by atoms with Crippen molar-refractivity contribution in [3.05, 3.63) is 71.4 Å². The van der Waals surface area contributed by atoms with Gasteiger partial charge in [0.15, 0.2) is 5.79 Å². The molecule has 1 amide bonds. The van der Waals surface area contributed by atoms with Crippen molar-refractivity contribution < 1.29 is 14.3 Å². The van der Waals surface area contributed by atoms with Gasteiger partial charge in [-0.05, 0) is 24.6 Å². The monoisotopic (exact) mass is 402 g/mol. The van der Waals surface area contributed by atoms with Gasteiger partial charge in [-0.3, -0.25) is 4.79 Å². The van der Waals surface area contributed by atoms with Crippen LogP contribution in [0.1, 0.15) is 30.0 Å². The largest absolute Gasteiger partial charge is 0.347 e. The summed E-state index contributed by atoms with van der Waals surface area (Å²) in [5.74, 6) is -1.16. The Morgan fingerprint density at radius 1 is 1.23 bits per heavy atom. The zero-order chi connectivity index (χ0) is 21.0. The number of rotatable bonds is 6. The number of carbonyl (C=O) groups excluding carboxylic acids is 1. The zero-order valence-electron chi connectivity index (χ0n) is 16.7. The number of nitrogens with one attached hydrogen (secondary N) is 1. The first-order valence-electron chi connectivity index (χ1n) is 9.74. The van der Waals surface area contributed by atoms with Crippen molar-refractivity contribution >= 4 is 23.0 Å². The van der Waals surface area contributed by atoms with Crippen molar-refractivity contribution in [3.63, 3.8) is 0 Å². The summed E-state index contributed by atoms with van der Waals surface area (Å²) in [6, 6.07) is 17.8. The van der Waals surface area contributed by atoms with Crippen LogP contribution in [0, 0.1) is 11.3 Å². The van der Waals surface area contributed by atoms with E-state index >= 15 is 0 Å². The van der Waals surface area contributed by atoms with Crippen LogP contribution in [0.5, 0.6) is 0 Å². The molecule has 152 valence electrons. The Morgan fingerprint density at radius 3 is 2.77 bits per heavy atom. The van der Waals surface area contributed by atoms with Crippen LogP contribution in [-0.2, 0) is 20.8 Å². The Morgan fingerprint density at radius 2 is 1.97 bits per heavy atom. The van der Waals surface area contributed by atoms with Gasteiger partial charge in [0.2, 0.25) is 5.91 Å². The van der Waals surface area contributed by atoms with E-state index in [0.29, 0.717) is 25.3 Å². The van der Waals surface area contributed by atoms with Crippen molar-refractivity contribution in [1.82, 2.24) is 9.99 Å². The van der Waals surface area contributed by atoms with Crippen LogP contribution in [0.2, 0.25) is 0 Å². The molecule has 1 aliphatic heterocycles. The number of benzene rings is 2. The lowest BCUT2D eigenvalue weighted by molar-refractivity contribution is -0.159. The fourth-order valence-electron chi connectivity index (χ4n) is 3.62. The number of aromatic nitrogens is 1. The molecule has 0 unspecified atom stereocenters. The minimum Gasteiger partial charge on any atom is -0.347 e. The van der Waals surface area contributed by atoms with E-state index in [0.717, 1.165) is 22.0 Å². The van der Waals surface area contributed by atoms with Gasteiger partial charge in [-0.1, -0.05) is 36.4 Å². The standard InChI is InChI=1S/C23H22N4O3/c1-23(29-10-11-30-23)12-22(28)26-25-14-19-16-27(21-9-5-4-8-20(19)21)15-18-7-3-2-6-17(18)13-24/h2-9,14,16H,10-12,15H2,1H3,(H,26,28)/b25-14-. The molecule has 1 aliphatic rings. The maximum atomic E-state index is 12.2. The first-order chi connectivity index (χ1) is 14.6. The SMILES string of the molecule is CC1(CC(=O)N/N=C\c2cn(Cc3ccccc3C#N)c3ccccc23)OCCO1. The Labute approximate surface area is 174 Å². The van der Waals surface area contributed by atoms with Crippen LogP contribution in [-0.4, -0.2) is 35.7 Å². The molecule has 7 nitrogen and oxygen atoms in total. The fourth-order valence-corrected chi connectivity index (χ4v) is 3.62. The molecular formula is C23H22N4O3. The molecule has 1 N–H and O–H groups in total. The molecule has 2 aromatic carbocycles. The fraction of sp³-hybridized carbons (Fsp3) is 0.261. The number of para-hydroxylation sites is 1. The van der Waals surface area contributed by atoms with E-state index in [1.165, 1.54) is 0 Å². The van der Waals surface area contributed by atoms with Crippen LogP contribution >= 0.6 is 0 Å². The smallest absolute Gasteiger partial charge is 0.245 e. The molecule has 0 bridgehead atoms. The van der Waals surface area contributed by atoms with Crippen LogP contribution in [0.25, 0.3) is 10.9 Å². The molecule has 3 aromatic rings. The van der Waals surface area contributed by atoms with Crippen LogP contribution in [0.3, 0.4) is 0 Å². The number of nitrogens with zero attached hydrogens (tertiary/aromatic N) is 3. The van der Waals surface area contributed by atoms with E-state index in [1.807, 2.05) is 54.7 Å². The Hall–Kier alpha value is -3.47. The molecule has 0 saturated carbocycles. The van der Waals surface area contributed by atoms with E-state index in [-0.39, 0.29) is 12.3 Å². The quantitative estimate of drug-likeness (QED) is 0.507. The second kappa shape index (κ2) is 8.49. The lowest BCUT2D eigenvalue weighted by Gasteiger charge is -2.20. The minimum absolute atomic E-state index is 0.0804. The van der Waals surface area contributed by atoms with Gasteiger partial charge in [0.1, 0.15) is 0 Å². The number of ether oxygens (including phenoxy) is 2. The van der Waals surface area contributed by atoms with Gasteiger partial charge in [-0.15, -0.1) is 0 Å². The number of hydrogen-bond donors (Lipinski definition) is 1. The molecule has 0 radical (unpaired) electrons. The second-order valence-corrected chi connectivity index (χ2v) is 7.30. The van der Waals surface area contributed by atoms with E-state index < -0.39 is 5.79 Å². The Kier molecular flexibility index (Phi) is 5.61. The van der Waals surface area contributed by atoms with Gasteiger partial charge >= 0.3 is 0 Å². The van der Waals surface area contributed by atoms with Crippen molar-refractivity contribution in [1.29, 1.82) is 5.26 Å². The maximum absolute atomic E-state index is 12.2. The number of nitriles is 1. The minimum atomic E-state index is -0.885. The van der Waals surface area contributed by atoms with Crippen molar-refractivity contribution in [2.45, 2.75) is 25.7 Å². The summed E-state index contributed by atoms with van der Waals surface area (Å²) < 4.78 is 13.0. The molecule has 0 aliphatic carbocycles. The highest BCUT2D eigenvalue weighted by molar-refractivity contribution is 5.99. The topological polar surface area (TPSA) is 88.6 Å². The molecule has 4 rings (SSSR count). The summed E-state index contributed by atoms with van der Waals surface area (Å²) in [6.07, 6.45) is 3.68. The molecule has 1 aromatic heterocycles. The van der Waals surface area contributed by atoms with E-state index in [1.54, 1.807) is 13.1 Å². The first-order valence-corrected chi connectivity index (χ1v) is 9.74. The van der Waals surface area contributed by atoms with Crippen LogP contribution in [0.15, 0.2) is 59.8 Å². The number of amides is 1. The van der Waals surface area contributed by atoms with E-state index in [9.17, 15) is 10.1 Å². The predicted octanol–water partition coefficient (Wildman–Crippen LogP) is 3.16. The number of hydrazone groups is 1. The van der Waals surface area contributed by atoms with E-state index in [4.69, 9.17) is 9.47 Å². The summed E-state index contributed by atoms with van der Waals surface area (Å²) in [6.45, 7) is 3.29. The van der Waals surface area contributed by atoms with Gasteiger partial charge in [0.05, 0.1) is 37.5 Å². The second-order valence-electron chi connectivity index (χ2n) is 7.30. The average molecular weight is 402 g/mol. The highest BCUT2D eigenvalue weighted by Crippen LogP contribution is 2.23. The predicted molar refractivity (Wildman–Crippen MR) is 113 cm³/mol. The van der Waals surface area contributed by atoms with Gasteiger partial charge in [-0.25, -0.2) is 5.43 Å². The summed E-state index contributed by atoms with van der Waals surface area (Å²) in [4.78, 5) is 12.2. The molecule has 1 fully saturated rings. The zero-order valence-corrected chi connectivity index (χ0v) is 16.7. The summed E-state index contributed by atoms with van der Waals surface area (Å²) >= 11 is 0. The first kappa shape index (κ1) is 19.8. The third-order valence-corrected chi connectivity index (χ3v) is 5.07. The highest BCUT2D eigenvalue weighted by atomic mass is 16.7. The lowest BCUT2D eigenvalue weighted by Crippen LogP contribution is -2.33. The number of fused-ring (bicyclic) bond motifs is 1. The van der Waals surface area contributed by atoms with Crippen LogP contribution < -0.4 is 5.43 Å². The van der Waals surface area contributed by atoms with Crippen molar-refractivity contribution in [2.75, 3.05) is 13.2 Å². The Bertz CT molecular complexity index is 1140. The van der Waals surface area contributed by atoms with Crippen molar-refractivity contribution in [2.24, 2.45) is 5.10 Å². The summed E-state index contributed by atoms with van der Waals surface area (Å²) in [5.41, 5.74) is 6.05. The third-order valence-electron chi connectivity index (χ3n) is 5.07. The normalized spacial score (nSPS) is 15.5. The maximum Gasteiger partial charge on any atom is 0.245 e. The average Bonchev–Trinajstić information content (AvgIpc) is 3.32. The van der Waals surface area contributed by atoms with Gasteiger partial charge in [0, 0.05) is 29.2 Å². The van der Waals surface area contributed by atoms with Gasteiger partial charge in [-0.2, -0.15) is 10.4 Å². The molecule has 7 heteroatoms. The molecule has 1 saturated heterocycles. The molecule has 0 atom stereocenters. The number of carbonyl (C=O) groups is 1. The number of hydrogen-bond acceptors (Lipinski definition) is 5. The molecule has 30 heavy (non-hydrogen) atoms. The molecule has 2 heterocycles.